The number of aliphatic imine (C=N–C) groups is 1. The SMILES string of the molecule is CCC1(C)NC(=O)N(CCCNC(=NC)NC(C)CCCC(C)C)C1=O.I. The van der Waals surface area contributed by atoms with Gasteiger partial charge in [-0.05, 0) is 39.0 Å². The number of rotatable bonds is 10. The van der Waals surface area contributed by atoms with E-state index >= 15 is 0 Å². The predicted molar refractivity (Wildman–Crippen MR) is 122 cm³/mol. The van der Waals surface area contributed by atoms with Crippen LogP contribution in [0.1, 0.15) is 66.7 Å². The average molecular weight is 495 g/mol. The molecule has 0 spiro atoms. The first-order valence-corrected chi connectivity index (χ1v) is 9.84. The number of hydrogen-bond acceptors (Lipinski definition) is 3. The fourth-order valence-corrected chi connectivity index (χ4v) is 2.97. The third-order valence-corrected chi connectivity index (χ3v) is 4.93. The van der Waals surface area contributed by atoms with Crippen LogP contribution in [0.5, 0.6) is 0 Å². The molecular weight excluding hydrogens is 457 g/mol. The summed E-state index contributed by atoms with van der Waals surface area (Å²) in [5.41, 5.74) is -0.756. The molecule has 7 nitrogen and oxygen atoms in total. The first-order valence-electron chi connectivity index (χ1n) is 9.84. The number of carbonyl (C=O) groups is 2. The Hall–Kier alpha value is -1.06. The molecule has 0 aliphatic carbocycles. The van der Waals surface area contributed by atoms with Crippen LogP contribution in [0.25, 0.3) is 0 Å². The van der Waals surface area contributed by atoms with Crippen molar-refractivity contribution in [2.75, 3.05) is 20.1 Å². The molecule has 2 unspecified atom stereocenters. The molecule has 0 aromatic carbocycles. The highest BCUT2D eigenvalue weighted by molar-refractivity contribution is 14.0. The molecule has 1 rings (SSSR count). The van der Waals surface area contributed by atoms with Crippen LogP contribution in [-0.4, -0.2) is 54.5 Å². The van der Waals surface area contributed by atoms with Gasteiger partial charge >= 0.3 is 6.03 Å². The van der Waals surface area contributed by atoms with Gasteiger partial charge in [-0.3, -0.25) is 14.7 Å². The zero-order valence-corrected chi connectivity index (χ0v) is 20.1. The number of nitrogens with zero attached hydrogens (tertiary/aromatic N) is 2. The normalized spacial score (nSPS) is 21.1. The number of imide groups is 1. The van der Waals surface area contributed by atoms with Crippen molar-refractivity contribution in [1.82, 2.24) is 20.9 Å². The van der Waals surface area contributed by atoms with Crippen molar-refractivity contribution in [3.05, 3.63) is 0 Å². The average Bonchev–Trinajstić information content (AvgIpc) is 2.80. The van der Waals surface area contributed by atoms with Gasteiger partial charge in [0, 0.05) is 26.2 Å². The van der Waals surface area contributed by atoms with Crippen LogP contribution in [0, 0.1) is 5.92 Å². The third kappa shape index (κ3) is 8.23. The number of amides is 3. The van der Waals surface area contributed by atoms with Crippen molar-refractivity contribution >= 4 is 41.9 Å². The Kier molecular flexibility index (Phi) is 11.9. The van der Waals surface area contributed by atoms with Gasteiger partial charge < -0.3 is 16.0 Å². The van der Waals surface area contributed by atoms with Crippen molar-refractivity contribution in [2.24, 2.45) is 10.9 Å². The van der Waals surface area contributed by atoms with Crippen molar-refractivity contribution in [3.8, 4) is 0 Å². The second-order valence-electron chi connectivity index (χ2n) is 7.80. The number of hydrogen-bond donors (Lipinski definition) is 3. The molecule has 1 heterocycles. The highest BCUT2D eigenvalue weighted by Crippen LogP contribution is 2.20. The Morgan fingerprint density at radius 2 is 1.89 bits per heavy atom. The van der Waals surface area contributed by atoms with Crippen LogP contribution in [0.4, 0.5) is 4.79 Å². The fourth-order valence-electron chi connectivity index (χ4n) is 2.97. The van der Waals surface area contributed by atoms with E-state index in [1.807, 2.05) is 6.92 Å². The Bertz CT molecular complexity index is 512. The second kappa shape index (κ2) is 12.4. The Morgan fingerprint density at radius 3 is 2.41 bits per heavy atom. The number of guanidine groups is 1. The van der Waals surface area contributed by atoms with E-state index in [1.165, 1.54) is 17.7 Å². The van der Waals surface area contributed by atoms with Gasteiger partial charge in [0.1, 0.15) is 5.54 Å². The summed E-state index contributed by atoms with van der Waals surface area (Å²) in [6, 6.07) is 0.0665. The highest BCUT2D eigenvalue weighted by atomic mass is 127. The lowest BCUT2D eigenvalue weighted by atomic mass is 9.99. The summed E-state index contributed by atoms with van der Waals surface area (Å²) in [6.07, 6.45) is 4.82. The van der Waals surface area contributed by atoms with E-state index in [9.17, 15) is 9.59 Å². The van der Waals surface area contributed by atoms with Gasteiger partial charge in [0.25, 0.3) is 5.91 Å². The summed E-state index contributed by atoms with van der Waals surface area (Å²) < 4.78 is 0. The maximum absolute atomic E-state index is 12.3. The van der Waals surface area contributed by atoms with Crippen LogP contribution < -0.4 is 16.0 Å². The Morgan fingerprint density at radius 1 is 1.22 bits per heavy atom. The molecule has 0 saturated carbocycles. The van der Waals surface area contributed by atoms with E-state index in [1.54, 1.807) is 14.0 Å². The Labute approximate surface area is 181 Å². The first-order chi connectivity index (χ1) is 12.2. The van der Waals surface area contributed by atoms with E-state index in [4.69, 9.17) is 0 Å². The summed E-state index contributed by atoms with van der Waals surface area (Å²) in [5, 5.41) is 9.42. The minimum absolute atomic E-state index is 0. The molecule has 3 amide bonds. The molecule has 0 aromatic heterocycles. The lowest BCUT2D eigenvalue weighted by Crippen LogP contribution is -2.44. The maximum atomic E-state index is 12.3. The monoisotopic (exact) mass is 495 g/mol. The first kappa shape index (κ1) is 25.9. The second-order valence-corrected chi connectivity index (χ2v) is 7.80. The zero-order chi connectivity index (χ0) is 19.7. The molecule has 0 radical (unpaired) electrons. The molecule has 1 aliphatic heterocycles. The molecule has 0 bridgehead atoms. The lowest BCUT2D eigenvalue weighted by Gasteiger charge is -2.20. The largest absolute Gasteiger partial charge is 0.356 e. The quantitative estimate of drug-likeness (QED) is 0.143. The molecule has 27 heavy (non-hydrogen) atoms. The number of urea groups is 1. The van der Waals surface area contributed by atoms with Gasteiger partial charge in [0.05, 0.1) is 0 Å². The third-order valence-electron chi connectivity index (χ3n) is 4.93. The minimum Gasteiger partial charge on any atom is -0.356 e. The summed E-state index contributed by atoms with van der Waals surface area (Å²) in [5.74, 6) is 1.36. The number of nitrogens with one attached hydrogen (secondary N) is 3. The van der Waals surface area contributed by atoms with Crippen molar-refractivity contribution in [2.45, 2.75) is 78.3 Å². The van der Waals surface area contributed by atoms with E-state index in [0.29, 0.717) is 32.0 Å². The predicted octanol–water partition coefficient (Wildman–Crippen LogP) is 3.09. The summed E-state index contributed by atoms with van der Waals surface area (Å²) in [7, 11) is 1.75. The van der Waals surface area contributed by atoms with E-state index in [-0.39, 0.29) is 35.9 Å². The molecule has 3 N–H and O–H groups in total. The smallest absolute Gasteiger partial charge is 0.325 e. The van der Waals surface area contributed by atoms with E-state index < -0.39 is 5.54 Å². The standard InChI is InChI=1S/C19H37N5O2.HI/c1-7-19(5)16(25)24(18(26)23-19)13-9-12-21-17(20-6)22-15(4)11-8-10-14(2)3;/h14-15H,7-13H2,1-6H3,(H,23,26)(H2,20,21,22);1H. The van der Waals surface area contributed by atoms with Gasteiger partial charge in [0.2, 0.25) is 0 Å². The molecule has 158 valence electrons. The van der Waals surface area contributed by atoms with Crippen molar-refractivity contribution < 1.29 is 9.59 Å². The molecule has 2 atom stereocenters. The molecule has 1 aliphatic rings. The van der Waals surface area contributed by atoms with Crippen molar-refractivity contribution in [3.63, 3.8) is 0 Å². The van der Waals surface area contributed by atoms with E-state index in [0.717, 1.165) is 18.3 Å². The highest BCUT2D eigenvalue weighted by Gasteiger charge is 2.45. The molecule has 8 heteroatoms. The fraction of sp³-hybridized carbons (Fsp3) is 0.842. The van der Waals surface area contributed by atoms with Crippen LogP contribution in [0.15, 0.2) is 4.99 Å². The van der Waals surface area contributed by atoms with Crippen LogP contribution in [-0.2, 0) is 4.79 Å². The summed E-state index contributed by atoms with van der Waals surface area (Å²) in [4.78, 5) is 29.9. The Balaban J connectivity index is 0.00000676. The maximum Gasteiger partial charge on any atom is 0.325 e. The number of carbonyl (C=O) groups excluding carboxylic acids is 2. The lowest BCUT2D eigenvalue weighted by molar-refractivity contribution is -0.130. The van der Waals surface area contributed by atoms with E-state index in [2.05, 4.69) is 41.7 Å². The molecule has 1 saturated heterocycles. The van der Waals surface area contributed by atoms with Gasteiger partial charge in [-0.25, -0.2) is 4.79 Å². The van der Waals surface area contributed by atoms with Crippen LogP contribution >= 0.6 is 24.0 Å². The minimum atomic E-state index is -0.756. The van der Waals surface area contributed by atoms with Crippen molar-refractivity contribution in [1.29, 1.82) is 0 Å². The van der Waals surface area contributed by atoms with Gasteiger partial charge in [-0.15, -0.1) is 24.0 Å². The van der Waals surface area contributed by atoms with Crippen LogP contribution in [0.3, 0.4) is 0 Å². The molecular formula is C19H38IN5O2. The summed E-state index contributed by atoms with van der Waals surface area (Å²) >= 11 is 0. The van der Waals surface area contributed by atoms with Gasteiger partial charge in [-0.2, -0.15) is 0 Å². The van der Waals surface area contributed by atoms with Gasteiger partial charge in [-0.1, -0.05) is 33.6 Å². The van der Waals surface area contributed by atoms with Crippen LogP contribution in [0.2, 0.25) is 0 Å². The molecule has 0 aromatic rings. The number of halogens is 1. The van der Waals surface area contributed by atoms with Gasteiger partial charge in [0.15, 0.2) is 5.96 Å². The molecule has 1 fully saturated rings. The summed E-state index contributed by atoms with van der Waals surface area (Å²) in [6.45, 7) is 11.4. The zero-order valence-electron chi connectivity index (χ0n) is 17.7. The topological polar surface area (TPSA) is 85.8 Å².